The van der Waals surface area contributed by atoms with Gasteiger partial charge < -0.3 is 19.1 Å². The summed E-state index contributed by atoms with van der Waals surface area (Å²) in [5.74, 6) is 0.811. The van der Waals surface area contributed by atoms with Crippen molar-refractivity contribution in [1.29, 1.82) is 0 Å². The van der Waals surface area contributed by atoms with Crippen molar-refractivity contribution in [3.63, 3.8) is 0 Å². The Morgan fingerprint density at radius 1 is 0.969 bits per heavy atom. The number of amides is 2. The van der Waals surface area contributed by atoms with E-state index in [1.807, 2.05) is 38.6 Å². The molecule has 0 aliphatic carbocycles. The Bertz CT molecular complexity index is 1140. The van der Waals surface area contributed by atoms with E-state index >= 15 is 0 Å². The van der Waals surface area contributed by atoms with Crippen molar-refractivity contribution in [3.05, 3.63) is 65.7 Å². The Hall–Kier alpha value is -3.35. The van der Waals surface area contributed by atoms with E-state index in [2.05, 4.69) is 36.1 Å². The number of nitrogens with zero attached hydrogens (tertiary/aromatic N) is 5. The van der Waals surface area contributed by atoms with Gasteiger partial charge >= 0.3 is 0 Å². The zero-order valence-electron chi connectivity index (χ0n) is 18.7. The maximum atomic E-state index is 13.5. The van der Waals surface area contributed by atoms with Crippen LogP contribution in [0.15, 0.2) is 48.7 Å². The second-order valence-corrected chi connectivity index (χ2v) is 8.76. The van der Waals surface area contributed by atoms with E-state index in [1.54, 1.807) is 6.92 Å². The number of aryl methyl sites for hydroxylation is 1. The molecule has 166 valence electrons. The number of imidazole rings is 1. The van der Waals surface area contributed by atoms with Crippen LogP contribution in [-0.2, 0) is 4.79 Å². The Kier molecular flexibility index (Phi) is 5.33. The number of hydrogen-bond donors (Lipinski definition) is 0. The molecule has 0 radical (unpaired) electrons. The van der Waals surface area contributed by atoms with Gasteiger partial charge in [-0.2, -0.15) is 0 Å². The molecule has 2 aliphatic rings. The van der Waals surface area contributed by atoms with Gasteiger partial charge in [-0.3, -0.25) is 9.59 Å². The summed E-state index contributed by atoms with van der Waals surface area (Å²) in [6.45, 7) is 7.36. The molecule has 2 amide bonds. The smallest absolute Gasteiger partial charge is 0.274 e. The van der Waals surface area contributed by atoms with Gasteiger partial charge in [0.1, 0.15) is 5.82 Å². The molecule has 2 fully saturated rings. The van der Waals surface area contributed by atoms with Crippen molar-refractivity contribution in [2.24, 2.45) is 0 Å². The van der Waals surface area contributed by atoms with Crippen LogP contribution in [0.4, 0.5) is 5.69 Å². The largest absolute Gasteiger partial charge is 0.368 e. The van der Waals surface area contributed by atoms with E-state index in [0.717, 1.165) is 43.8 Å². The fraction of sp³-hybridized carbons (Fsp3) is 0.400. The van der Waals surface area contributed by atoms with Crippen LogP contribution in [-0.4, -0.2) is 63.7 Å². The quantitative estimate of drug-likeness (QED) is 0.639. The molecule has 2 saturated heterocycles. The average Bonchev–Trinajstić information content (AvgIpc) is 3.44. The minimum Gasteiger partial charge on any atom is -0.368 e. The predicted molar refractivity (Wildman–Crippen MR) is 124 cm³/mol. The van der Waals surface area contributed by atoms with Crippen LogP contribution in [0, 0.1) is 6.92 Å². The minimum atomic E-state index is -0.0812. The molecular formula is C25H29N5O2. The maximum Gasteiger partial charge on any atom is 0.274 e. The highest BCUT2D eigenvalue weighted by Gasteiger charge is 2.34. The van der Waals surface area contributed by atoms with Gasteiger partial charge in [0.05, 0.1) is 11.6 Å². The molecule has 3 aromatic rings. The molecular weight excluding hydrogens is 402 g/mol. The van der Waals surface area contributed by atoms with E-state index in [1.165, 1.54) is 11.3 Å². The number of benzene rings is 1. The average molecular weight is 432 g/mol. The Morgan fingerprint density at radius 3 is 2.44 bits per heavy atom. The Labute approximate surface area is 188 Å². The lowest BCUT2D eigenvalue weighted by Gasteiger charge is -2.36. The SMILES string of the molecule is CC(=O)N1CCC[C@H]1c1nc(C(=O)N2CCN(c3ccc(C)cc3)CC2)c2ccccn12. The summed E-state index contributed by atoms with van der Waals surface area (Å²) in [5.41, 5.74) is 3.74. The summed E-state index contributed by atoms with van der Waals surface area (Å²) in [7, 11) is 0. The Morgan fingerprint density at radius 2 is 1.72 bits per heavy atom. The third-order valence-corrected chi connectivity index (χ3v) is 6.70. The molecule has 7 heteroatoms. The lowest BCUT2D eigenvalue weighted by molar-refractivity contribution is -0.129. The number of rotatable bonds is 3. The van der Waals surface area contributed by atoms with E-state index in [4.69, 9.17) is 4.98 Å². The van der Waals surface area contributed by atoms with Crippen LogP contribution >= 0.6 is 0 Å². The van der Waals surface area contributed by atoms with Crippen molar-refractivity contribution in [2.45, 2.75) is 32.7 Å². The van der Waals surface area contributed by atoms with Gasteiger partial charge in [0.15, 0.2) is 5.69 Å². The van der Waals surface area contributed by atoms with Crippen molar-refractivity contribution < 1.29 is 9.59 Å². The van der Waals surface area contributed by atoms with Gasteiger partial charge in [0.2, 0.25) is 5.91 Å². The number of piperazine rings is 1. The number of pyridine rings is 1. The molecule has 4 heterocycles. The summed E-state index contributed by atoms with van der Waals surface area (Å²) in [6, 6.07) is 14.3. The topological polar surface area (TPSA) is 61.2 Å². The third kappa shape index (κ3) is 3.61. The van der Waals surface area contributed by atoms with Crippen molar-refractivity contribution in [2.75, 3.05) is 37.6 Å². The fourth-order valence-electron chi connectivity index (χ4n) is 4.94. The second kappa shape index (κ2) is 8.30. The first-order valence-electron chi connectivity index (χ1n) is 11.4. The van der Waals surface area contributed by atoms with E-state index in [-0.39, 0.29) is 17.9 Å². The van der Waals surface area contributed by atoms with Crippen molar-refractivity contribution in [3.8, 4) is 0 Å². The molecule has 1 aromatic carbocycles. The summed E-state index contributed by atoms with van der Waals surface area (Å²) >= 11 is 0. The number of likely N-dealkylation sites (tertiary alicyclic amines) is 1. The predicted octanol–water partition coefficient (Wildman–Crippen LogP) is 3.29. The molecule has 0 N–H and O–H groups in total. The number of carbonyl (C=O) groups excluding carboxylic acids is 2. The van der Waals surface area contributed by atoms with Crippen molar-refractivity contribution >= 4 is 23.0 Å². The molecule has 7 nitrogen and oxygen atoms in total. The van der Waals surface area contributed by atoms with Gasteiger partial charge in [-0.05, 0) is 44.0 Å². The Balaban J connectivity index is 1.39. The van der Waals surface area contributed by atoms with Crippen LogP contribution in [0.25, 0.3) is 5.52 Å². The highest BCUT2D eigenvalue weighted by atomic mass is 16.2. The normalized spacial score (nSPS) is 19.1. The zero-order chi connectivity index (χ0) is 22.2. The molecule has 5 rings (SSSR count). The lowest BCUT2D eigenvalue weighted by Crippen LogP contribution is -2.49. The first-order chi connectivity index (χ1) is 15.5. The van der Waals surface area contributed by atoms with Gasteiger partial charge in [-0.25, -0.2) is 4.98 Å². The van der Waals surface area contributed by atoms with Crippen LogP contribution < -0.4 is 4.90 Å². The molecule has 1 atom stereocenters. The van der Waals surface area contributed by atoms with E-state index in [9.17, 15) is 9.59 Å². The molecule has 0 unspecified atom stereocenters. The maximum absolute atomic E-state index is 13.5. The molecule has 32 heavy (non-hydrogen) atoms. The monoisotopic (exact) mass is 431 g/mol. The summed E-state index contributed by atoms with van der Waals surface area (Å²) in [6.07, 6.45) is 3.77. The van der Waals surface area contributed by atoms with Gasteiger partial charge in [-0.15, -0.1) is 0 Å². The third-order valence-electron chi connectivity index (χ3n) is 6.70. The standard InChI is InChI=1S/C25H29N5O2/c1-18-8-10-20(11-9-18)27-14-16-28(17-15-27)25(32)23-21-6-3-4-12-30(21)24(26-23)22-7-5-13-29(22)19(2)31/h3-4,6,8-12,22H,5,7,13-17H2,1-2H3/t22-/m0/s1. The highest BCUT2D eigenvalue weighted by Crippen LogP contribution is 2.33. The minimum absolute atomic E-state index is 0.0316. The number of fused-ring (bicyclic) bond motifs is 1. The molecule has 0 spiro atoms. The fourth-order valence-corrected chi connectivity index (χ4v) is 4.94. The number of aromatic nitrogens is 2. The van der Waals surface area contributed by atoms with Crippen LogP contribution in [0.1, 0.15) is 47.7 Å². The first kappa shape index (κ1) is 20.5. The summed E-state index contributed by atoms with van der Waals surface area (Å²) in [4.78, 5) is 36.6. The molecule has 2 aliphatic heterocycles. The van der Waals surface area contributed by atoms with E-state index in [0.29, 0.717) is 18.8 Å². The van der Waals surface area contributed by atoms with Crippen LogP contribution in [0.2, 0.25) is 0 Å². The highest BCUT2D eigenvalue weighted by molar-refractivity contribution is 5.99. The second-order valence-electron chi connectivity index (χ2n) is 8.76. The van der Waals surface area contributed by atoms with E-state index < -0.39 is 0 Å². The van der Waals surface area contributed by atoms with Crippen LogP contribution in [0.3, 0.4) is 0 Å². The zero-order valence-corrected chi connectivity index (χ0v) is 18.7. The number of hydrogen-bond acceptors (Lipinski definition) is 4. The number of carbonyl (C=O) groups is 2. The van der Waals surface area contributed by atoms with Crippen molar-refractivity contribution in [1.82, 2.24) is 19.2 Å². The first-order valence-corrected chi connectivity index (χ1v) is 11.4. The van der Waals surface area contributed by atoms with Gasteiger partial charge in [0.25, 0.3) is 5.91 Å². The number of anilines is 1. The van der Waals surface area contributed by atoms with Gasteiger partial charge in [-0.1, -0.05) is 23.8 Å². The molecule has 2 aromatic heterocycles. The molecule has 0 saturated carbocycles. The van der Waals surface area contributed by atoms with Gasteiger partial charge in [0, 0.05) is 51.5 Å². The van der Waals surface area contributed by atoms with Crippen LogP contribution in [0.5, 0.6) is 0 Å². The summed E-state index contributed by atoms with van der Waals surface area (Å²) in [5, 5.41) is 0. The molecule has 0 bridgehead atoms. The summed E-state index contributed by atoms with van der Waals surface area (Å²) < 4.78 is 1.99. The lowest BCUT2D eigenvalue weighted by atomic mass is 10.2.